The predicted octanol–water partition coefficient (Wildman–Crippen LogP) is 3.99. The molecule has 1 unspecified atom stereocenters. The van der Waals surface area contributed by atoms with Gasteiger partial charge >= 0.3 is 0 Å². The van der Waals surface area contributed by atoms with Gasteiger partial charge in [0, 0.05) is 0 Å². The van der Waals surface area contributed by atoms with Crippen molar-refractivity contribution < 1.29 is 0 Å². The molecule has 0 saturated heterocycles. The van der Waals surface area contributed by atoms with Gasteiger partial charge in [0.1, 0.15) is 5.01 Å². The Morgan fingerprint density at radius 3 is 2.67 bits per heavy atom. The molecule has 0 amide bonds. The average Bonchev–Trinajstić information content (AvgIpc) is 2.49. The molecule has 4 heteroatoms. The fourth-order valence-corrected chi connectivity index (χ4v) is 2.49. The van der Waals surface area contributed by atoms with Gasteiger partial charge in [-0.15, -0.1) is 11.3 Å². The number of hydrogen-bond acceptors (Lipinski definition) is 3. The van der Waals surface area contributed by atoms with Crippen LogP contribution in [0, 0.1) is 5.41 Å². The maximum atomic E-state index is 4.34. The monoisotopic (exact) mass is 290 g/mol. The molecular formula is C11H19BrN2S. The van der Waals surface area contributed by atoms with Gasteiger partial charge in [-0.05, 0) is 41.2 Å². The molecule has 0 saturated carbocycles. The van der Waals surface area contributed by atoms with E-state index in [0.717, 1.165) is 15.3 Å². The second kappa shape index (κ2) is 5.41. The molecule has 0 radical (unpaired) electrons. The Morgan fingerprint density at radius 2 is 2.20 bits per heavy atom. The third-order valence-corrected chi connectivity index (χ3v) is 3.85. The summed E-state index contributed by atoms with van der Waals surface area (Å²) in [5, 5.41) is 4.64. The third kappa shape index (κ3) is 5.09. The minimum Gasteiger partial charge on any atom is -0.308 e. The Kier molecular flexibility index (Phi) is 4.74. The average molecular weight is 291 g/mol. The first kappa shape index (κ1) is 13.1. The minimum absolute atomic E-state index is 0.351. The van der Waals surface area contributed by atoms with Crippen LogP contribution >= 0.6 is 27.3 Å². The standard InChI is InChI=1S/C11H19BrN2S/c1-8(10-14-7-9(12)15-10)13-6-5-11(2,3)4/h7-8,13H,5-6H2,1-4H3. The van der Waals surface area contributed by atoms with Crippen LogP contribution in [-0.4, -0.2) is 11.5 Å². The number of hydrogen-bond donors (Lipinski definition) is 1. The summed E-state index contributed by atoms with van der Waals surface area (Å²) in [5.74, 6) is 0. The van der Waals surface area contributed by atoms with Crippen molar-refractivity contribution in [3.63, 3.8) is 0 Å². The van der Waals surface area contributed by atoms with Gasteiger partial charge in [0.2, 0.25) is 0 Å². The van der Waals surface area contributed by atoms with Crippen molar-refractivity contribution in [1.82, 2.24) is 10.3 Å². The summed E-state index contributed by atoms with van der Waals surface area (Å²) in [6.45, 7) is 9.99. The molecular weight excluding hydrogens is 272 g/mol. The maximum absolute atomic E-state index is 4.34. The molecule has 0 aliphatic heterocycles. The van der Waals surface area contributed by atoms with E-state index >= 15 is 0 Å². The van der Waals surface area contributed by atoms with Crippen LogP contribution in [0.25, 0.3) is 0 Å². The first-order valence-corrected chi connectivity index (χ1v) is 6.84. The van der Waals surface area contributed by atoms with Crippen LogP contribution in [-0.2, 0) is 0 Å². The highest BCUT2D eigenvalue weighted by Crippen LogP contribution is 2.24. The minimum atomic E-state index is 0.351. The summed E-state index contributed by atoms with van der Waals surface area (Å²) in [7, 11) is 0. The topological polar surface area (TPSA) is 24.9 Å². The van der Waals surface area contributed by atoms with E-state index in [1.807, 2.05) is 6.20 Å². The van der Waals surface area contributed by atoms with E-state index in [9.17, 15) is 0 Å². The van der Waals surface area contributed by atoms with Crippen molar-refractivity contribution >= 4 is 27.3 Å². The predicted molar refractivity (Wildman–Crippen MR) is 70.3 cm³/mol. The number of rotatable bonds is 4. The molecule has 1 heterocycles. The van der Waals surface area contributed by atoms with E-state index in [-0.39, 0.29) is 0 Å². The Labute approximate surface area is 105 Å². The Bertz CT molecular complexity index is 304. The van der Waals surface area contributed by atoms with Gasteiger partial charge in [0.05, 0.1) is 16.0 Å². The van der Waals surface area contributed by atoms with Crippen LogP contribution in [0.3, 0.4) is 0 Å². The largest absolute Gasteiger partial charge is 0.308 e. The molecule has 1 aromatic heterocycles. The Morgan fingerprint density at radius 1 is 1.53 bits per heavy atom. The van der Waals surface area contributed by atoms with E-state index < -0.39 is 0 Å². The molecule has 15 heavy (non-hydrogen) atoms. The van der Waals surface area contributed by atoms with Crippen LogP contribution in [0.4, 0.5) is 0 Å². The zero-order valence-corrected chi connectivity index (χ0v) is 12.2. The first-order valence-electron chi connectivity index (χ1n) is 5.23. The van der Waals surface area contributed by atoms with Crippen LogP contribution in [0.5, 0.6) is 0 Å². The smallest absolute Gasteiger partial charge is 0.110 e. The van der Waals surface area contributed by atoms with Crippen LogP contribution in [0.1, 0.15) is 45.2 Å². The van der Waals surface area contributed by atoms with E-state index in [4.69, 9.17) is 0 Å². The summed E-state index contributed by atoms with van der Waals surface area (Å²) in [6.07, 6.45) is 3.05. The van der Waals surface area contributed by atoms with Gasteiger partial charge in [0.15, 0.2) is 0 Å². The van der Waals surface area contributed by atoms with Crippen LogP contribution in [0.2, 0.25) is 0 Å². The van der Waals surface area contributed by atoms with E-state index in [1.165, 1.54) is 6.42 Å². The molecule has 0 bridgehead atoms. The highest BCUT2D eigenvalue weighted by Gasteiger charge is 2.12. The molecule has 0 fully saturated rings. The quantitative estimate of drug-likeness (QED) is 0.907. The van der Waals surface area contributed by atoms with Crippen molar-refractivity contribution in [3.05, 3.63) is 15.0 Å². The van der Waals surface area contributed by atoms with Gasteiger partial charge in [-0.2, -0.15) is 0 Å². The molecule has 2 nitrogen and oxygen atoms in total. The van der Waals surface area contributed by atoms with Crippen molar-refractivity contribution in [2.24, 2.45) is 5.41 Å². The highest BCUT2D eigenvalue weighted by atomic mass is 79.9. The molecule has 0 aliphatic rings. The molecule has 0 aliphatic carbocycles. The van der Waals surface area contributed by atoms with Gasteiger partial charge in [-0.25, -0.2) is 4.98 Å². The van der Waals surface area contributed by atoms with E-state index in [2.05, 4.69) is 53.9 Å². The zero-order chi connectivity index (χ0) is 11.5. The third-order valence-electron chi connectivity index (χ3n) is 2.19. The lowest BCUT2D eigenvalue weighted by Gasteiger charge is -2.19. The molecule has 86 valence electrons. The number of nitrogens with one attached hydrogen (secondary N) is 1. The van der Waals surface area contributed by atoms with Gasteiger partial charge < -0.3 is 5.32 Å². The van der Waals surface area contributed by atoms with E-state index in [0.29, 0.717) is 11.5 Å². The van der Waals surface area contributed by atoms with Crippen LogP contribution in [0.15, 0.2) is 9.98 Å². The second-order valence-electron chi connectivity index (χ2n) is 4.99. The van der Waals surface area contributed by atoms with Gasteiger partial charge in [-0.3, -0.25) is 0 Å². The lowest BCUT2D eigenvalue weighted by Crippen LogP contribution is -2.23. The summed E-state index contributed by atoms with van der Waals surface area (Å²) < 4.78 is 1.10. The number of halogens is 1. The first-order chi connectivity index (χ1) is 6.88. The molecule has 1 atom stereocenters. The van der Waals surface area contributed by atoms with Crippen molar-refractivity contribution in [2.75, 3.05) is 6.54 Å². The fraction of sp³-hybridized carbons (Fsp3) is 0.727. The maximum Gasteiger partial charge on any atom is 0.110 e. The van der Waals surface area contributed by atoms with Crippen molar-refractivity contribution in [3.8, 4) is 0 Å². The zero-order valence-electron chi connectivity index (χ0n) is 9.80. The summed E-state index contributed by atoms with van der Waals surface area (Å²) in [4.78, 5) is 4.34. The second-order valence-corrected chi connectivity index (χ2v) is 7.43. The highest BCUT2D eigenvalue weighted by molar-refractivity contribution is 9.11. The SMILES string of the molecule is CC(NCCC(C)(C)C)c1ncc(Br)s1. The summed E-state index contributed by atoms with van der Waals surface area (Å²) >= 11 is 5.13. The van der Waals surface area contributed by atoms with Crippen molar-refractivity contribution in [2.45, 2.75) is 40.2 Å². The normalized spacial score (nSPS) is 14.2. The van der Waals surface area contributed by atoms with Crippen molar-refractivity contribution in [1.29, 1.82) is 0 Å². The lowest BCUT2D eigenvalue weighted by molar-refractivity contribution is 0.358. The Balaban J connectivity index is 2.34. The summed E-state index contributed by atoms with van der Waals surface area (Å²) in [5.41, 5.74) is 0.399. The number of thiazole rings is 1. The molecule has 1 aromatic rings. The van der Waals surface area contributed by atoms with Gasteiger partial charge in [-0.1, -0.05) is 20.8 Å². The number of nitrogens with zero attached hydrogens (tertiary/aromatic N) is 1. The fourth-order valence-electron chi connectivity index (χ4n) is 1.22. The summed E-state index contributed by atoms with van der Waals surface area (Å²) in [6, 6.07) is 0.351. The molecule has 1 rings (SSSR count). The number of aromatic nitrogens is 1. The molecule has 1 N–H and O–H groups in total. The lowest BCUT2D eigenvalue weighted by atomic mass is 9.92. The van der Waals surface area contributed by atoms with Gasteiger partial charge in [0.25, 0.3) is 0 Å². The van der Waals surface area contributed by atoms with Crippen LogP contribution < -0.4 is 5.32 Å². The Hall–Kier alpha value is 0.0700. The molecule has 0 aromatic carbocycles. The molecule has 0 spiro atoms. The van der Waals surface area contributed by atoms with E-state index in [1.54, 1.807) is 11.3 Å².